The van der Waals surface area contributed by atoms with E-state index in [9.17, 15) is 14.9 Å². The van der Waals surface area contributed by atoms with Crippen molar-refractivity contribution < 1.29 is 14.5 Å². The fraction of sp³-hybridized carbons (Fsp3) is 0.0667. The Morgan fingerprint density at radius 3 is 2.50 bits per heavy atom. The van der Waals surface area contributed by atoms with Crippen molar-refractivity contribution in [1.29, 1.82) is 5.41 Å². The van der Waals surface area contributed by atoms with Crippen LogP contribution in [-0.2, 0) is 0 Å². The molecule has 0 radical (unpaired) electrons. The van der Waals surface area contributed by atoms with Gasteiger partial charge in [0, 0.05) is 5.56 Å². The Labute approximate surface area is 126 Å². The van der Waals surface area contributed by atoms with Crippen molar-refractivity contribution in [3.05, 3.63) is 69.8 Å². The minimum atomic E-state index is -0.719. The highest BCUT2D eigenvalue weighted by Crippen LogP contribution is 2.24. The summed E-state index contributed by atoms with van der Waals surface area (Å²) in [5.41, 5.74) is -0.00351. The number of nitrogens with zero attached hydrogens (tertiary/aromatic N) is 1. The number of hydrogen-bond donors (Lipinski definition) is 2. The molecule has 0 bridgehead atoms. The van der Waals surface area contributed by atoms with Crippen LogP contribution in [0.15, 0.2) is 48.5 Å². The maximum absolute atomic E-state index is 12.2. The number of ether oxygens (including phenoxy) is 1. The molecule has 112 valence electrons. The van der Waals surface area contributed by atoms with Crippen LogP contribution in [0.4, 0.5) is 5.69 Å². The van der Waals surface area contributed by atoms with Gasteiger partial charge in [0.2, 0.25) is 0 Å². The minimum Gasteiger partial charge on any atom is -0.497 e. The Morgan fingerprint density at radius 1 is 1.23 bits per heavy atom. The normalized spacial score (nSPS) is 9.86. The highest BCUT2D eigenvalue weighted by Gasteiger charge is 2.22. The number of nitro benzene ring substituents is 1. The molecule has 7 nitrogen and oxygen atoms in total. The standard InChI is InChI=1S/C15H13N3O4/c1-22-11-7-8-12(13(9-11)18(20)21)15(19)17-14(16)10-5-3-2-4-6-10/h2-9H,1H3,(H2,16,17,19). The van der Waals surface area contributed by atoms with Gasteiger partial charge in [0.05, 0.1) is 18.1 Å². The van der Waals surface area contributed by atoms with E-state index >= 15 is 0 Å². The van der Waals surface area contributed by atoms with E-state index in [-0.39, 0.29) is 22.8 Å². The van der Waals surface area contributed by atoms with Gasteiger partial charge in [-0.1, -0.05) is 30.3 Å². The first-order valence-electron chi connectivity index (χ1n) is 6.30. The number of carbonyl (C=O) groups excluding carboxylic acids is 1. The lowest BCUT2D eigenvalue weighted by atomic mass is 10.1. The molecule has 0 aromatic heterocycles. The fourth-order valence-electron chi connectivity index (χ4n) is 1.84. The molecule has 2 aromatic rings. The zero-order valence-corrected chi connectivity index (χ0v) is 11.7. The van der Waals surface area contributed by atoms with Gasteiger partial charge in [0.15, 0.2) is 0 Å². The van der Waals surface area contributed by atoms with Gasteiger partial charge < -0.3 is 10.1 Å². The van der Waals surface area contributed by atoms with Gasteiger partial charge in [-0.3, -0.25) is 20.3 Å². The molecule has 22 heavy (non-hydrogen) atoms. The number of carbonyl (C=O) groups is 1. The summed E-state index contributed by atoms with van der Waals surface area (Å²) >= 11 is 0. The van der Waals surface area contributed by atoms with Crippen LogP contribution < -0.4 is 10.1 Å². The van der Waals surface area contributed by atoms with Gasteiger partial charge in [-0.2, -0.15) is 0 Å². The fourth-order valence-corrected chi connectivity index (χ4v) is 1.84. The highest BCUT2D eigenvalue weighted by atomic mass is 16.6. The lowest BCUT2D eigenvalue weighted by Crippen LogP contribution is -2.30. The lowest BCUT2D eigenvalue weighted by molar-refractivity contribution is -0.385. The first-order valence-corrected chi connectivity index (χ1v) is 6.30. The van der Waals surface area contributed by atoms with Crippen LogP contribution in [0.2, 0.25) is 0 Å². The Hall–Kier alpha value is -3.22. The third kappa shape index (κ3) is 3.26. The summed E-state index contributed by atoms with van der Waals surface area (Å²) in [5, 5.41) is 21.2. The number of nitro groups is 1. The van der Waals surface area contributed by atoms with Gasteiger partial charge in [-0.15, -0.1) is 0 Å². The van der Waals surface area contributed by atoms with Crippen molar-refractivity contribution >= 4 is 17.4 Å². The van der Waals surface area contributed by atoms with E-state index in [1.54, 1.807) is 30.3 Å². The monoisotopic (exact) mass is 299 g/mol. The first-order chi connectivity index (χ1) is 10.5. The maximum atomic E-state index is 12.2. The molecular weight excluding hydrogens is 286 g/mol. The number of methoxy groups -OCH3 is 1. The number of amides is 1. The van der Waals surface area contributed by atoms with Crippen molar-refractivity contribution in [3.63, 3.8) is 0 Å². The molecule has 0 unspecified atom stereocenters. The average Bonchev–Trinajstić information content (AvgIpc) is 2.54. The van der Waals surface area contributed by atoms with Crippen LogP contribution in [0.5, 0.6) is 5.75 Å². The zero-order chi connectivity index (χ0) is 16.1. The highest BCUT2D eigenvalue weighted by molar-refractivity contribution is 6.12. The largest absolute Gasteiger partial charge is 0.497 e. The van der Waals surface area contributed by atoms with E-state index in [2.05, 4.69) is 5.32 Å². The second-order valence-electron chi connectivity index (χ2n) is 4.34. The number of nitrogens with one attached hydrogen (secondary N) is 2. The van der Waals surface area contributed by atoms with Gasteiger partial charge in [0.25, 0.3) is 11.6 Å². The van der Waals surface area contributed by atoms with Crippen LogP contribution >= 0.6 is 0 Å². The summed E-state index contributed by atoms with van der Waals surface area (Å²) in [6.07, 6.45) is 0. The third-order valence-electron chi connectivity index (χ3n) is 2.95. The molecular formula is C15H13N3O4. The molecule has 0 atom stereocenters. The van der Waals surface area contributed by atoms with E-state index in [4.69, 9.17) is 10.1 Å². The molecule has 0 spiro atoms. The number of amidine groups is 1. The van der Waals surface area contributed by atoms with Gasteiger partial charge in [-0.05, 0) is 12.1 Å². The van der Waals surface area contributed by atoms with Gasteiger partial charge in [-0.25, -0.2) is 0 Å². The molecule has 7 heteroatoms. The second-order valence-corrected chi connectivity index (χ2v) is 4.34. The number of hydrogen-bond acceptors (Lipinski definition) is 5. The second kappa shape index (κ2) is 6.49. The van der Waals surface area contributed by atoms with E-state index in [0.29, 0.717) is 5.56 Å². The number of benzene rings is 2. The van der Waals surface area contributed by atoms with Gasteiger partial charge in [0.1, 0.15) is 17.1 Å². The predicted molar refractivity (Wildman–Crippen MR) is 80.4 cm³/mol. The molecule has 0 saturated heterocycles. The molecule has 0 aliphatic carbocycles. The van der Waals surface area contributed by atoms with E-state index in [0.717, 1.165) is 0 Å². The summed E-state index contributed by atoms with van der Waals surface area (Å²) in [6.45, 7) is 0. The Morgan fingerprint density at radius 2 is 1.91 bits per heavy atom. The number of rotatable bonds is 4. The molecule has 0 saturated carbocycles. The Bertz CT molecular complexity index is 729. The summed E-state index contributed by atoms with van der Waals surface area (Å²) in [5.74, 6) is -0.569. The molecule has 0 heterocycles. The molecule has 0 aliphatic rings. The molecule has 0 aliphatic heterocycles. The van der Waals surface area contributed by atoms with Crippen LogP contribution in [0.25, 0.3) is 0 Å². The zero-order valence-electron chi connectivity index (χ0n) is 11.7. The van der Waals surface area contributed by atoms with Crippen LogP contribution in [0.1, 0.15) is 15.9 Å². The van der Waals surface area contributed by atoms with Crippen LogP contribution in [0, 0.1) is 15.5 Å². The van der Waals surface area contributed by atoms with Crippen molar-refractivity contribution in [1.82, 2.24) is 5.32 Å². The van der Waals surface area contributed by atoms with Crippen molar-refractivity contribution in [2.45, 2.75) is 0 Å². The first kappa shape index (κ1) is 15.2. The minimum absolute atomic E-state index is 0.129. The maximum Gasteiger partial charge on any atom is 0.285 e. The Kier molecular flexibility index (Phi) is 4.47. The predicted octanol–water partition coefficient (Wildman–Crippen LogP) is 2.36. The topological polar surface area (TPSA) is 105 Å². The summed E-state index contributed by atoms with van der Waals surface area (Å²) in [4.78, 5) is 22.6. The van der Waals surface area contributed by atoms with Crippen molar-refractivity contribution in [2.24, 2.45) is 0 Å². The molecule has 2 aromatic carbocycles. The molecule has 2 rings (SSSR count). The lowest BCUT2D eigenvalue weighted by Gasteiger charge is -2.08. The molecule has 0 fully saturated rings. The van der Waals surface area contributed by atoms with E-state index in [1.165, 1.54) is 25.3 Å². The van der Waals surface area contributed by atoms with Crippen molar-refractivity contribution in [2.75, 3.05) is 7.11 Å². The smallest absolute Gasteiger partial charge is 0.285 e. The summed E-state index contributed by atoms with van der Waals surface area (Å²) in [7, 11) is 1.38. The van der Waals surface area contributed by atoms with Crippen LogP contribution in [-0.4, -0.2) is 23.8 Å². The van der Waals surface area contributed by atoms with E-state index < -0.39 is 10.8 Å². The van der Waals surface area contributed by atoms with Gasteiger partial charge >= 0.3 is 0 Å². The Balaban J connectivity index is 2.26. The summed E-state index contributed by atoms with van der Waals surface area (Å²) < 4.78 is 4.91. The van der Waals surface area contributed by atoms with Crippen molar-refractivity contribution in [3.8, 4) is 5.75 Å². The van der Waals surface area contributed by atoms with E-state index in [1.807, 2.05) is 0 Å². The third-order valence-corrected chi connectivity index (χ3v) is 2.95. The molecule has 1 amide bonds. The van der Waals surface area contributed by atoms with Crippen LogP contribution in [0.3, 0.4) is 0 Å². The molecule has 2 N–H and O–H groups in total. The average molecular weight is 299 g/mol. The summed E-state index contributed by atoms with van der Waals surface area (Å²) in [6, 6.07) is 12.5. The SMILES string of the molecule is COc1ccc(C(=O)NC(=N)c2ccccc2)c([N+](=O)[O-])c1. The quantitative estimate of drug-likeness (QED) is 0.391.